The Kier molecular flexibility index (Phi) is 2.37. The molecule has 0 aliphatic carbocycles. The average Bonchev–Trinajstić information content (AvgIpc) is 2.39. The fourth-order valence-electron chi connectivity index (χ4n) is 1.19. The van der Waals surface area contributed by atoms with Crippen molar-refractivity contribution < 1.29 is 4.92 Å². The fraction of sp³-hybridized carbons (Fsp3) is 0. The van der Waals surface area contributed by atoms with Crippen molar-refractivity contribution in [1.29, 1.82) is 0 Å². The fourth-order valence-corrected chi connectivity index (χ4v) is 2.04. The molecule has 0 bridgehead atoms. The second-order valence-corrected chi connectivity index (χ2v) is 3.82. The lowest BCUT2D eigenvalue weighted by molar-refractivity contribution is -0.410. The number of benzene rings is 1. The minimum absolute atomic E-state index is 0.159. The molecule has 1 aliphatic heterocycles. The minimum atomic E-state index is -0.364. The summed E-state index contributed by atoms with van der Waals surface area (Å²) in [5.74, 6) is 0. The first-order valence-electron chi connectivity index (χ1n) is 4.07. The van der Waals surface area contributed by atoms with Gasteiger partial charge in [-0.15, -0.1) is 0 Å². The smallest absolute Gasteiger partial charge is 0.258 e. The van der Waals surface area contributed by atoms with Crippen molar-refractivity contribution in [3.63, 3.8) is 0 Å². The largest absolute Gasteiger partial charge is 0.307 e. The number of hydrogen-bond donors (Lipinski definition) is 0. The van der Waals surface area contributed by atoms with Crippen LogP contribution in [0.25, 0.3) is 6.08 Å². The third-order valence-electron chi connectivity index (χ3n) is 1.83. The number of nitro groups is 1. The first kappa shape index (κ1) is 9.02. The molecule has 1 heterocycles. The zero-order chi connectivity index (χ0) is 9.97. The van der Waals surface area contributed by atoms with E-state index < -0.39 is 0 Å². The third-order valence-corrected chi connectivity index (χ3v) is 2.91. The highest BCUT2D eigenvalue weighted by atomic mass is 32.2. The van der Waals surface area contributed by atoms with Crippen LogP contribution in [0.4, 0.5) is 0 Å². The van der Waals surface area contributed by atoms with Gasteiger partial charge in [0.25, 0.3) is 0 Å². The summed E-state index contributed by atoms with van der Waals surface area (Å²) >= 11 is 1.19. The van der Waals surface area contributed by atoms with Crippen molar-refractivity contribution in [2.75, 3.05) is 0 Å². The highest BCUT2D eigenvalue weighted by Crippen LogP contribution is 2.32. The Morgan fingerprint density at radius 2 is 2.07 bits per heavy atom. The summed E-state index contributed by atoms with van der Waals surface area (Å²) in [5.41, 5.74) is 1.02. The Balaban J connectivity index is 2.42. The molecule has 14 heavy (non-hydrogen) atoms. The topological polar surface area (TPSA) is 43.1 Å². The molecule has 3 nitrogen and oxygen atoms in total. The van der Waals surface area contributed by atoms with Crippen LogP contribution in [0.15, 0.2) is 46.3 Å². The van der Waals surface area contributed by atoms with E-state index >= 15 is 0 Å². The van der Waals surface area contributed by atoms with Gasteiger partial charge in [0.15, 0.2) is 0 Å². The number of hydrogen-bond acceptors (Lipinski definition) is 3. The second-order valence-electron chi connectivity index (χ2n) is 2.76. The molecule has 2 rings (SSSR count). The van der Waals surface area contributed by atoms with Crippen LogP contribution in [0.1, 0.15) is 5.56 Å². The van der Waals surface area contributed by atoms with Gasteiger partial charge in [0.05, 0.1) is 4.92 Å². The van der Waals surface area contributed by atoms with Crippen molar-refractivity contribution in [3.8, 4) is 0 Å². The van der Waals surface area contributed by atoms with Gasteiger partial charge in [-0.05, 0) is 23.4 Å². The number of rotatable bonds is 1. The van der Waals surface area contributed by atoms with E-state index in [1.807, 2.05) is 30.3 Å². The highest BCUT2D eigenvalue weighted by molar-refractivity contribution is 8.02. The van der Waals surface area contributed by atoms with E-state index in [0.29, 0.717) is 0 Å². The molecule has 70 valence electrons. The van der Waals surface area contributed by atoms with Crippen LogP contribution in [-0.2, 0) is 0 Å². The molecule has 0 N–H and O–H groups in total. The van der Waals surface area contributed by atoms with E-state index in [2.05, 4.69) is 0 Å². The quantitative estimate of drug-likeness (QED) is 0.523. The van der Waals surface area contributed by atoms with E-state index in [4.69, 9.17) is 0 Å². The van der Waals surface area contributed by atoms with Gasteiger partial charge in [-0.25, -0.2) is 0 Å². The average molecular weight is 205 g/mol. The molecule has 0 saturated carbocycles. The molecule has 0 spiro atoms. The summed E-state index contributed by atoms with van der Waals surface area (Å²) < 4.78 is 0. The molecule has 0 aromatic heterocycles. The van der Waals surface area contributed by atoms with Crippen molar-refractivity contribution in [2.45, 2.75) is 4.90 Å². The number of allylic oxidation sites excluding steroid dienone is 2. The van der Waals surface area contributed by atoms with E-state index in [1.54, 1.807) is 6.08 Å². The summed E-state index contributed by atoms with van der Waals surface area (Å²) in [6.45, 7) is 0. The van der Waals surface area contributed by atoms with Gasteiger partial charge in [-0.1, -0.05) is 30.4 Å². The van der Waals surface area contributed by atoms with Crippen LogP contribution >= 0.6 is 11.8 Å². The van der Waals surface area contributed by atoms with E-state index in [9.17, 15) is 10.1 Å². The zero-order valence-corrected chi connectivity index (χ0v) is 8.03. The Bertz CT molecular complexity index is 438. The number of fused-ring (bicyclic) bond motifs is 1. The van der Waals surface area contributed by atoms with Crippen LogP contribution < -0.4 is 0 Å². The van der Waals surface area contributed by atoms with Gasteiger partial charge in [0, 0.05) is 11.0 Å². The molecule has 4 heteroatoms. The van der Waals surface area contributed by atoms with Crippen LogP contribution in [0.3, 0.4) is 0 Å². The van der Waals surface area contributed by atoms with Crippen LogP contribution in [0, 0.1) is 10.1 Å². The van der Waals surface area contributed by atoms with Crippen LogP contribution in [0.2, 0.25) is 0 Å². The van der Waals surface area contributed by atoms with Crippen molar-refractivity contribution in [1.82, 2.24) is 0 Å². The Labute approximate surface area is 85.3 Å². The van der Waals surface area contributed by atoms with Gasteiger partial charge in [0.2, 0.25) is 0 Å². The SMILES string of the molecule is O=[N+]([O-])C1=CC=Cc2ccccc2S1. The second kappa shape index (κ2) is 3.67. The Morgan fingerprint density at radius 3 is 2.86 bits per heavy atom. The Hall–Kier alpha value is -1.55. The van der Waals surface area contributed by atoms with Crippen LogP contribution in [0.5, 0.6) is 0 Å². The summed E-state index contributed by atoms with van der Waals surface area (Å²) in [6.07, 6.45) is 5.10. The van der Waals surface area contributed by atoms with Gasteiger partial charge >= 0.3 is 5.03 Å². The standard InChI is InChI=1S/C10H7NO2S/c12-11(13)10-7-3-5-8-4-1-2-6-9(8)14-10/h1-7H. The molecule has 1 aromatic carbocycles. The molecular formula is C10H7NO2S. The van der Waals surface area contributed by atoms with E-state index in [0.717, 1.165) is 10.5 Å². The maximum Gasteiger partial charge on any atom is 0.307 e. The lowest BCUT2D eigenvalue weighted by Crippen LogP contribution is -1.93. The molecule has 0 fully saturated rings. The van der Waals surface area contributed by atoms with E-state index in [-0.39, 0.29) is 9.95 Å². The third kappa shape index (κ3) is 1.70. The predicted octanol–water partition coefficient (Wildman–Crippen LogP) is 2.92. The minimum Gasteiger partial charge on any atom is -0.258 e. The number of nitrogens with zero attached hydrogens (tertiary/aromatic N) is 1. The van der Waals surface area contributed by atoms with Crippen LogP contribution in [-0.4, -0.2) is 4.92 Å². The van der Waals surface area contributed by atoms with Crippen molar-refractivity contribution in [3.05, 3.63) is 57.1 Å². The van der Waals surface area contributed by atoms with Gasteiger partial charge < -0.3 is 0 Å². The molecule has 0 radical (unpaired) electrons. The van der Waals surface area contributed by atoms with E-state index in [1.165, 1.54) is 17.8 Å². The van der Waals surface area contributed by atoms with Crippen molar-refractivity contribution >= 4 is 17.8 Å². The first-order valence-corrected chi connectivity index (χ1v) is 4.88. The lowest BCUT2D eigenvalue weighted by Gasteiger charge is -2.00. The molecule has 0 saturated heterocycles. The molecule has 1 aliphatic rings. The van der Waals surface area contributed by atoms with Gasteiger partial charge in [-0.3, -0.25) is 10.1 Å². The Morgan fingerprint density at radius 1 is 1.29 bits per heavy atom. The summed E-state index contributed by atoms with van der Waals surface area (Å²) in [6, 6.07) is 7.62. The summed E-state index contributed by atoms with van der Waals surface area (Å²) in [5, 5.41) is 10.8. The molecule has 1 aromatic rings. The first-order chi connectivity index (χ1) is 6.77. The molecule has 0 amide bonds. The summed E-state index contributed by atoms with van der Waals surface area (Å²) in [7, 11) is 0. The van der Waals surface area contributed by atoms with Crippen molar-refractivity contribution in [2.24, 2.45) is 0 Å². The molecule has 0 atom stereocenters. The monoisotopic (exact) mass is 205 g/mol. The van der Waals surface area contributed by atoms with Gasteiger partial charge in [-0.2, -0.15) is 0 Å². The predicted molar refractivity (Wildman–Crippen MR) is 56.4 cm³/mol. The molecule has 0 unspecified atom stereocenters. The maximum absolute atomic E-state index is 10.6. The van der Waals surface area contributed by atoms with Gasteiger partial charge in [0.1, 0.15) is 0 Å². The normalized spacial score (nSPS) is 14.1. The molecular weight excluding hydrogens is 198 g/mol. The zero-order valence-electron chi connectivity index (χ0n) is 7.21. The number of thioether (sulfide) groups is 1. The highest BCUT2D eigenvalue weighted by Gasteiger charge is 2.15. The maximum atomic E-state index is 10.6. The lowest BCUT2D eigenvalue weighted by atomic mass is 10.2. The summed E-state index contributed by atoms with van der Waals surface area (Å²) in [4.78, 5) is 11.2.